The maximum absolute atomic E-state index is 11.7. The summed E-state index contributed by atoms with van der Waals surface area (Å²) in [5.74, 6) is -1.01. The molecule has 5 heteroatoms. The van der Waals surface area contributed by atoms with Gasteiger partial charge in [-0.05, 0) is 43.4 Å². The van der Waals surface area contributed by atoms with Gasteiger partial charge < -0.3 is 15.5 Å². The van der Waals surface area contributed by atoms with E-state index in [0.29, 0.717) is 6.54 Å². The lowest BCUT2D eigenvalue weighted by Gasteiger charge is -2.13. The smallest absolute Gasteiger partial charge is 0.309 e. The van der Waals surface area contributed by atoms with Gasteiger partial charge in [0, 0.05) is 32.4 Å². The number of benzene rings is 1. The third kappa shape index (κ3) is 5.58. The summed E-state index contributed by atoms with van der Waals surface area (Å²) < 4.78 is 0. The average Bonchev–Trinajstić information content (AvgIpc) is 3.04. The molecular formula is C18H27N3O2. The summed E-state index contributed by atoms with van der Waals surface area (Å²) in [5.41, 5.74) is 2.41. The standard InChI is InChI=1S/C18H27N3O2/c1-21(2)16-11-9-14(10-12-16)6-5-13-19-17(22)18(23)20-15-7-3-4-8-15/h9-12,15H,3-8,13H2,1-2H3,(H,19,22)(H,20,23). The van der Waals surface area contributed by atoms with Gasteiger partial charge in [0.15, 0.2) is 0 Å². The Hall–Kier alpha value is -2.04. The van der Waals surface area contributed by atoms with E-state index in [1.807, 2.05) is 14.1 Å². The van der Waals surface area contributed by atoms with Crippen LogP contribution in [0.15, 0.2) is 24.3 Å². The number of carbonyl (C=O) groups is 2. The molecule has 0 aliphatic heterocycles. The van der Waals surface area contributed by atoms with Gasteiger partial charge in [-0.25, -0.2) is 0 Å². The summed E-state index contributed by atoms with van der Waals surface area (Å²) in [6.45, 7) is 0.520. The van der Waals surface area contributed by atoms with Crippen LogP contribution < -0.4 is 15.5 Å². The first kappa shape index (κ1) is 17.3. The zero-order valence-corrected chi connectivity index (χ0v) is 14.1. The summed E-state index contributed by atoms with van der Waals surface area (Å²) in [7, 11) is 4.03. The van der Waals surface area contributed by atoms with E-state index in [4.69, 9.17) is 0 Å². The maximum atomic E-state index is 11.7. The lowest BCUT2D eigenvalue weighted by atomic mass is 10.1. The molecule has 5 nitrogen and oxygen atoms in total. The fourth-order valence-corrected chi connectivity index (χ4v) is 2.86. The highest BCUT2D eigenvalue weighted by Crippen LogP contribution is 2.17. The number of carbonyl (C=O) groups excluding carboxylic acids is 2. The summed E-state index contributed by atoms with van der Waals surface area (Å²) >= 11 is 0. The number of nitrogens with one attached hydrogen (secondary N) is 2. The zero-order valence-electron chi connectivity index (χ0n) is 14.1. The molecule has 2 rings (SSSR count). The van der Waals surface area contributed by atoms with E-state index in [-0.39, 0.29) is 6.04 Å². The topological polar surface area (TPSA) is 61.4 Å². The molecule has 1 aliphatic carbocycles. The largest absolute Gasteiger partial charge is 0.378 e. The molecular weight excluding hydrogens is 290 g/mol. The second-order valence-corrected chi connectivity index (χ2v) is 6.38. The first-order chi connectivity index (χ1) is 11.1. The second kappa shape index (κ2) is 8.56. The molecule has 0 spiro atoms. The lowest BCUT2D eigenvalue weighted by Crippen LogP contribution is -2.44. The molecule has 126 valence electrons. The summed E-state index contributed by atoms with van der Waals surface area (Å²) in [4.78, 5) is 25.5. The van der Waals surface area contributed by atoms with Crippen molar-refractivity contribution in [3.63, 3.8) is 0 Å². The molecule has 0 saturated heterocycles. The number of anilines is 1. The van der Waals surface area contributed by atoms with Gasteiger partial charge in [-0.3, -0.25) is 9.59 Å². The third-order valence-electron chi connectivity index (χ3n) is 4.28. The van der Waals surface area contributed by atoms with Crippen LogP contribution in [0.3, 0.4) is 0 Å². The molecule has 2 N–H and O–H groups in total. The highest BCUT2D eigenvalue weighted by Gasteiger charge is 2.20. The first-order valence-electron chi connectivity index (χ1n) is 8.41. The highest BCUT2D eigenvalue weighted by atomic mass is 16.2. The van der Waals surface area contributed by atoms with Gasteiger partial charge in [-0.1, -0.05) is 25.0 Å². The number of hydrogen-bond acceptors (Lipinski definition) is 3. The summed E-state index contributed by atoms with van der Waals surface area (Å²) in [6.07, 6.45) is 5.96. The average molecular weight is 317 g/mol. The number of rotatable bonds is 6. The Labute approximate surface area is 138 Å². The van der Waals surface area contributed by atoms with Crippen LogP contribution in [0.4, 0.5) is 5.69 Å². The molecule has 0 aromatic heterocycles. The van der Waals surface area contributed by atoms with Crippen molar-refractivity contribution in [2.24, 2.45) is 0 Å². The lowest BCUT2D eigenvalue weighted by molar-refractivity contribution is -0.139. The van der Waals surface area contributed by atoms with Crippen LogP contribution in [0, 0.1) is 0 Å². The van der Waals surface area contributed by atoms with Crippen LogP contribution in [-0.2, 0) is 16.0 Å². The Bertz CT molecular complexity index is 520. The SMILES string of the molecule is CN(C)c1ccc(CCCNC(=O)C(=O)NC2CCCC2)cc1. The van der Waals surface area contributed by atoms with E-state index < -0.39 is 11.8 Å². The minimum atomic E-state index is -0.514. The summed E-state index contributed by atoms with van der Waals surface area (Å²) in [5, 5.41) is 5.50. The van der Waals surface area contributed by atoms with Crippen LogP contribution in [0.5, 0.6) is 0 Å². The number of hydrogen-bond donors (Lipinski definition) is 2. The van der Waals surface area contributed by atoms with Gasteiger partial charge in [0.1, 0.15) is 0 Å². The molecule has 1 aromatic rings. The van der Waals surface area contributed by atoms with Crippen molar-refractivity contribution in [2.45, 2.75) is 44.6 Å². The van der Waals surface area contributed by atoms with Crippen LogP contribution in [-0.4, -0.2) is 38.5 Å². The van der Waals surface area contributed by atoms with Gasteiger partial charge in [0.05, 0.1) is 0 Å². The molecule has 2 amide bonds. The normalized spacial score (nSPS) is 14.5. The van der Waals surface area contributed by atoms with E-state index in [1.54, 1.807) is 0 Å². The zero-order chi connectivity index (χ0) is 16.7. The minimum absolute atomic E-state index is 0.184. The van der Waals surface area contributed by atoms with E-state index in [0.717, 1.165) is 38.5 Å². The Morgan fingerprint density at radius 1 is 1.09 bits per heavy atom. The van der Waals surface area contributed by atoms with Crippen molar-refractivity contribution in [3.05, 3.63) is 29.8 Å². The van der Waals surface area contributed by atoms with E-state index >= 15 is 0 Å². The maximum Gasteiger partial charge on any atom is 0.309 e. The van der Waals surface area contributed by atoms with Crippen LogP contribution in [0.25, 0.3) is 0 Å². The Morgan fingerprint density at radius 3 is 2.35 bits per heavy atom. The summed E-state index contributed by atoms with van der Waals surface area (Å²) in [6, 6.07) is 8.56. The molecule has 0 atom stereocenters. The van der Waals surface area contributed by atoms with Gasteiger partial charge in [0.2, 0.25) is 0 Å². The van der Waals surface area contributed by atoms with Crippen LogP contribution in [0.1, 0.15) is 37.7 Å². The van der Waals surface area contributed by atoms with E-state index in [9.17, 15) is 9.59 Å². The molecule has 0 unspecified atom stereocenters. The fraction of sp³-hybridized carbons (Fsp3) is 0.556. The first-order valence-corrected chi connectivity index (χ1v) is 8.41. The highest BCUT2D eigenvalue weighted by molar-refractivity contribution is 6.35. The van der Waals surface area contributed by atoms with Crippen molar-refractivity contribution in [2.75, 3.05) is 25.5 Å². The molecule has 23 heavy (non-hydrogen) atoms. The van der Waals surface area contributed by atoms with Crippen LogP contribution in [0.2, 0.25) is 0 Å². The predicted octanol–water partition coefficient (Wildman–Crippen LogP) is 1.86. The second-order valence-electron chi connectivity index (χ2n) is 6.38. The monoisotopic (exact) mass is 317 g/mol. The van der Waals surface area contributed by atoms with Crippen molar-refractivity contribution < 1.29 is 9.59 Å². The minimum Gasteiger partial charge on any atom is -0.378 e. The van der Waals surface area contributed by atoms with E-state index in [2.05, 4.69) is 39.8 Å². The molecule has 0 heterocycles. The van der Waals surface area contributed by atoms with Crippen LogP contribution >= 0.6 is 0 Å². The Kier molecular flexibility index (Phi) is 6.44. The molecule has 1 aromatic carbocycles. The van der Waals surface area contributed by atoms with Crippen molar-refractivity contribution >= 4 is 17.5 Å². The molecule has 1 fully saturated rings. The quantitative estimate of drug-likeness (QED) is 0.622. The van der Waals surface area contributed by atoms with Gasteiger partial charge in [-0.15, -0.1) is 0 Å². The number of nitrogens with zero attached hydrogens (tertiary/aromatic N) is 1. The van der Waals surface area contributed by atoms with Crippen molar-refractivity contribution in [1.82, 2.24) is 10.6 Å². The molecule has 0 bridgehead atoms. The van der Waals surface area contributed by atoms with Crippen molar-refractivity contribution in [1.29, 1.82) is 0 Å². The van der Waals surface area contributed by atoms with Gasteiger partial charge >= 0.3 is 11.8 Å². The predicted molar refractivity (Wildman–Crippen MR) is 92.5 cm³/mol. The van der Waals surface area contributed by atoms with Crippen molar-refractivity contribution in [3.8, 4) is 0 Å². The molecule has 1 saturated carbocycles. The van der Waals surface area contributed by atoms with Gasteiger partial charge in [0.25, 0.3) is 0 Å². The van der Waals surface area contributed by atoms with Gasteiger partial charge in [-0.2, -0.15) is 0 Å². The Morgan fingerprint density at radius 2 is 1.74 bits per heavy atom. The molecule has 0 radical (unpaired) electrons. The van der Waals surface area contributed by atoms with E-state index in [1.165, 1.54) is 11.3 Å². The molecule has 1 aliphatic rings. The Balaban J connectivity index is 1.64. The number of aryl methyl sites for hydroxylation is 1. The number of amides is 2. The third-order valence-corrected chi connectivity index (χ3v) is 4.28. The fourth-order valence-electron chi connectivity index (χ4n) is 2.86.